The SMILES string of the molecule is Cc1ccc(C(=O)N(Cc2ccc3c(c2)OCO3)C2CCCCC2)c(=O)n1C. The van der Waals surface area contributed by atoms with Gasteiger partial charge in [0.2, 0.25) is 6.79 Å². The van der Waals surface area contributed by atoms with Crippen molar-refractivity contribution in [2.24, 2.45) is 7.05 Å². The molecule has 6 nitrogen and oxygen atoms in total. The fourth-order valence-corrected chi connectivity index (χ4v) is 4.04. The quantitative estimate of drug-likeness (QED) is 0.813. The molecule has 1 amide bonds. The third-order valence-electron chi connectivity index (χ3n) is 5.85. The molecule has 2 heterocycles. The molecule has 0 saturated heterocycles. The van der Waals surface area contributed by atoms with Gasteiger partial charge in [0.05, 0.1) is 0 Å². The molecule has 1 saturated carbocycles. The highest BCUT2D eigenvalue weighted by Gasteiger charge is 2.28. The lowest BCUT2D eigenvalue weighted by molar-refractivity contribution is 0.0611. The maximum absolute atomic E-state index is 13.4. The molecule has 2 aromatic rings. The zero-order valence-corrected chi connectivity index (χ0v) is 16.4. The van der Waals surface area contributed by atoms with Gasteiger partial charge in [-0.2, -0.15) is 0 Å². The van der Waals surface area contributed by atoms with Gasteiger partial charge < -0.3 is 18.9 Å². The number of hydrogen-bond acceptors (Lipinski definition) is 4. The van der Waals surface area contributed by atoms with Crippen molar-refractivity contribution in [1.29, 1.82) is 0 Å². The van der Waals surface area contributed by atoms with E-state index in [0.717, 1.165) is 42.7 Å². The Bertz CT molecular complexity index is 944. The largest absolute Gasteiger partial charge is 0.454 e. The summed E-state index contributed by atoms with van der Waals surface area (Å²) in [6.07, 6.45) is 5.38. The molecule has 4 rings (SSSR count). The number of rotatable bonds is 4. The number of hydrogen-bond donors (Lipinski definition) is 0. The highest BCUT2D eigenvalue weighted by Crippen LogP contribution is 2.33. The molecule has 6 heteroatoms. The normalized spacial score (nSPS) is 16.2. The van der Waals surface area contributed by atoms with Crippen LogP contribution in [-0.2, 0) is 13.6 Å². The van der Waals surface area contributed by atoms with Gasteiger partial charge in [-0.25, -0.2) is 0 Å². The molecule has 148 valence electrons. The lowest BCUT2D eigenvalue weighted by Crippen LogP contribution is -2.43. The summed E-state index contributed by atoms with van der Waals surface area (Å²) in [5.41, 5.74) is 1.81. The minimum Gasteiger partial charge on any atom is -0.454 e. The highest BCUT2D eigenvalue weighted by atomic mass is 16.7. The zero-order valence-electron chi connectivity index (χ0n) is 16.4. The Morgan fingerprint density at radius 1 is 1.11 bits per heavy atom. The number of pyridine rings is 1. The summed E-state index contributed by atoms with van der Waals surface area (Å²) in [6.45, 7) is 2.54. The maximum Gasteiger partial charge on any atom is 0.263 e. The first-order valence-electron chi connectivity index (χ1n) is 9.91. The van der Waals surface area contributed by atoms with E-state index in [2.05, 4.69) is 0 Å². The standard InChI is InChI=1S/C22H26N2O4/c1-15-8-10-18(21(25)23(15)2)22(26)24(17-6-4-3-5-7-17)13-16-9-11-19-20(12-16)28-14-27-19/h8-12,17H,3-7,13-14H2,1-2H3. The molecule has 1 aliphatic carbocycles. The molecule has 0 unspecified atom stereocenters. The second-order valence-electron chi connectivity index (χ2n) is 7.67. The number of carbonyl (C=O) groups is 1. The van der Waals surface area contributed by atoms with Crippen LogP contribution in [0, 0.1) is 6.92 Å². The molecular weight excluding hydrogens is 356 g/mol. The number of ether oxygens (including phenoxy) is 2. The number of aromatic nitrogens is 1. The van der Waals surface area contributed by atoms with E-state index in [1.54, 1.807) is 13.1 Å². The molecule has 2 aliphatic rings. The van der Waals surface area contributed by atoms with Crippen LogP contribution in [0.15, 0.2) is 35.1 Å². The lowest BCUT2D eigenvalue weighted by atomic mass is 9.93. The minimum atomic E-state index is -0.239. The number of carbonyl (C=O) groups excluding carboxylic acids is 1. The molecule has 1 aliphatic heterocycles. The van der Waals surface area contributed by atoms with E-state index in [9.17, 15) is 9.59 Å². The van der Waals surface area contributed by atoms with Gasteiger partial charge in [-0.15, -0.1) is 0 Å². The Morgan fingerprint density at radius 2 is 1.86 bits per heavy atom. The van der Waals surface area contributed by atoms with Crippen LogP contribution < -0.4 is 15.0 Å². The third kappa shape index (κ3) is 3.51. The van der Waals surface area contributed by atoms with E-state index in [0.29, 0.717) is 12.3 Å². The van der Waals surface area contributed by atoms with Gasteiger partial charge in [-0.05, 0) is 49.6 Å². The van der Waals surface area contributed by atoms with Crippen molar-refractivity contribution in [3.63, 3.8) is 0 Å². The van der Waals surface area contributed by atoms with Gasteiger partial charge in [-0.3, -0.25) is 9.59 Å². The van der Waals surface area contributed by atoms with Crippen LogP contribution in [0.25, 0.3) is 0 Å². The van der Waals surface area contributed by atoms with Gasteiger partial charge >= 0.3 is 0 Å². The van der Waals surface area contributed by atoms with Crippen LogP contribution in [0.4, 0.5) is 0 Å². The monoisotopic (exact) mass is 382 g/mol. The molecule has 1 aromatic heterocycles. The van der Waals surface area contributed by atoms with Crippen molar-refractivity contribution in [2.75, 3.05) is 6.79 Å². The van der Waals surface area contributed by atoms with Crippen molar-refractivity contribution >= 4 is 5.91 Å². The predicted molar refractivity (Wildman–Crippen MR) is 106 cm³/mol. The summed E-state index contributed by atoms with van der Waals surface area (Å²) >= 11 is 0. The van der Waals surface area contributed by atoms with Crippen LogP contribution in [0.2, 0.25) is 0 Å². The van der Waals surface area contributed by atoms with Crippen molar-refractivity contribution in [3.8, 4) is 11.5 Å². The van der Waals surface area contributed by atoms with Gasteiger partial charge in [0, 0.05) is 25.3 Å². The Labute approximate surface area is 164 Å². The lowest BCUT2D eigenvalue weighted by Gasteiger charge is -2.34. The van der Waals surface area contributed by atoms with Crippen LogP contribution in [0.3, 0.4) is 0 Å². The summed E-state index contributed by atoms with van der Waals surface area (Å²) in [7, 11) is 1.71. The van der Waals surface area contributed by atoms with E-state index in [4.69, 9.17) is 9.47 Å². The first kappa shape index (κ1) is 18.6. The number of nitrogens with zero attached hydrogens (tertiary/aromatic N) is 2. The van der Waals surface area contributed by atoms with Gasteiger partial charge in [0.25, 0.3) is 11.5 Å². The highest BCUT2D eigenvalue weighted by molar-refractivity contribution is 5.94. The second kappa shape index (κ2) is 7.70. The summed E-state index contributed by atoms with van der Waals surface area (Å²) in [4.78, 5) is 28.0. The van der Waals surface area contributed by atoms with Crippen molar-refractivity contribution in [3.05, 3.63) is 57.5 Å². The first-order chi connectivity index (χ1) is 13.5. The van der Waals surface area contributed by atoms with Gasteiger partial charge in [0.15, 0.2) is 11.5 Å². The van der Waals surface area contributed by atoms with Crippen molar-refractivity contribution < 1.29 is 14.3 Å². The number of fused-ring (bicyclic) bond motifs is 1. The van der Waals surface area contributed by atoms with Crippen LogP contribution in [0.5, 0.6) is 11.5 Å². The van der Waals surface area contributed by atoms with Crippen LogP contribution in [-0.4, -0.2) is 28.2 Å². The fourth-order valence-electron chi connectivity index (χ4n) is 4.04. The molecule has 0 radical (unpaired) electrons. The molecule has 1 fully saturated rings. The molecular formula is C22H26N2O4. The van der Waals surface area contributed by atoms with E-state index in [-0.39, 0.29) is 29.9 Å². The molecule has 0 spiro atoms. The number of benzene rings is 1. The Kier molecular flexibility index (Phi) is 5.11. The van der Waals surface area contributed by atoms with Crippen molar-refractivity contribution in [1.82, 2.24) is 9.47 Å². The number of amides is 1. The average Bonchev–Trinajstić information content (AvgIpc) is 3.18. The fraction of sp³-hybridized carbons (Fsp3) is 0.455. The van der Waals surface area contributed by atoms with Gasteiger partial charge in [-0.1, -0.05) is 25.3 Å². The Balaban J connectivity index is 1.66. The van der Waals surface area contributed by atoms with E-state index < -0.39 is 0 Å². The second-order valence-corrected chi connectivity index (χ2v) is 7.67. The Morgan fingerprint density at radius 3 is 2.64 bits per heavy atom. The van der Waals surface area contributed by atoms with E-state index in [1.165, 1.54) is 11.0 Å². The minimum absolute atomic E-state index is 0.151. The van der Waals surface area contributed by atoms with Crippen molar-refractivity contribution in [2.45, 2.75) is 51.6 Å². The van der Waals surface area contributed by atoms with Gasteiger partial charge in [0.1, 0.15) is 5.56 Å². The molecule has 28 heavy (non-hydrogen) atoms. The number of aryl methyl sites for hydroxylation is 1. The summed E-state index contributed by atoms with van der Waals surface area (Å²) < 4.78 is 12.4. The topological polar surface area (TPSA) is 60.8 Å². The smallest absolute Gasteiger partial charge is 0.263 e. The summed E-state index contributed by atoms with van der Waals surface area (Å²) in [6, 6.07) is 9.41. The third-order valence-corrected chi connectivity index (χ3v) is 5.85. The summed E-state index contributed by atoms with van der Waals surface area (Å²) in [5.74, 6) is 1.25. The van der Waals surface area contributed by atoms with Crippen LogP contribution in [0.1, 0.15) is 53.7 Å². The molecule has 0 atom stereocenters. The van der Waals surface area contributed by atoms with E-state index in [1.807, 2.05) is 36.1 Å². The predicted octanol–water partition coefficient (Wildman–Crippen LogP) is 3.40. The maximum atomic E-state index is 13.4. The average molecular weight is 382 g/mol. The van der Waals surface area contributed by atoms with E-state index >= 15 is 0 Å². The van der Waals surface area contributed by atoms with Crippen LogP contribution >= 0.6 is 0 Å². The summed E-state index contributed by atoms with van der Waals surface area (Å²) in [5, 5.41) is 0. The molecule has 0 N–H and O–H groups in total. The molecule has 1 aromatic carbocycles. The molecule has 0 bridgehead atoms. The zero-order chi connectivity index (χ0) is 19.7. The first-order valence-corrected chi connectivity index (χ1v) is 9.91. The Hall–Kier alpha value is -2.76.